The predicted molar refractivity (Wildman–Crippen MR) is 80.3 cm³/mol. The Morgan fingerprint density at radius 3 is 2.91 bits per heavy atom. The molecule has 6 heteroatoms. The number of aromatic nitrogens is 4. The first-order chi connectivity index (χ1) is 10.7. The standard InChI is InChI=1S/C16H11FN4O/c17-12-4-3-5-13-15(12)16(22)21(10-18-13)9-11-8-20-7-2-1-6-14(20)19-11/h1-8,10H,9H2. The zero-order valence-electron chi connectivity index (χ0n) is 11.5. The van der Waals surface area contributed by atoms with Crippen molar-refractivity contribution in [1.29, 1.82) is 0 Å². The molecule has 0 saturated heterocycles. The van der Waals surface area contributed by atoms with Gasteiger partial charge in [-0.05, 0) is 24.3 Å². The van der Waals surface area contributed by atoms with Crippen molar-refractivity contribution in [1.82, 2.24) is 18.9 Å². The highest BCUT2D eigenvalue weighted by atomic mass is 19.1. The van der Waals surface area contributed by atoms with Crippen LogP contribution in [-0.2, 0) is 6.54 Å². The monoisotopic (exact) mass is 294 g/mol. The van der Waals surface area contributed by atoms with Gasteiger partial charge in [0.15, 0.2) is 0 Å². The lowest BCUT2D eigenvalue weighted by atomic mass is 10.2. The maximum absolute atomic E-state index is 13.9. The van der Waals surface area contributed by atoms with Crippen LogP contribution in [0, 0.1) is 5.82 Å². The molecule has 0 amide bonds. The van der Waals surface area contributed by atoms with Crippen molar-refractivity contribution >= 4 is 16.6 Å². The third-order valence-electron chi connectivity index (χ3n) is 3.55. The third kappa shape index (κ3) is 1.96. The van der Waals surface area contributed by atoms with Gasteiger partial charge in [-0.15, -0.1) is 0 Å². The summed E-state index contributed by atoms with van der Waals surface area (Å²) in [6, 6.07) is 10.1. The number of benzene rings is 1. The topological polar surface area (TPSA) is 52.2 Å². The van der Waals surface area contributed by atoms with Gasteiger partial charge in [-0.1, -0.05) is 12.1 Å². The Balaban J connectivity index is 1.83. The second kappa shape index (κ2) is 4.77. The van der Waals surface area contributed by atoms with E-state index in [9.17, 15) is 9.18 Å². The lowest BCUT2D eigenvalue weighted by Gasteiger charge is -2.05. The quantitative estimate of drug-likeness (QED) is 0.569. The zero-order valence-corrected chi connectivity index (χ0v) is 11.5. The summed E-state index contributed by atoms with van der Waals surface area (Å²) in [6.45, 7) is 0.248. The van der Waals surface area contributed by atoms with E-state index in [1.54, 1.807) is 6.07 Å². The Bertz CT molecular complexity index is 1020. The average molecular weight is 294 g/mol. The Morgan fingerprint density at radius 2 is 2.05 bits per heavy atom. The average Bonchev–Trinajstić information content (AvgIpc) is 2.92. The molecule has 0 aliphatic heterocycles. The molecule has 0 aliphatic rings. The fourth-order valence-corrected chi connectivity index (χ4v) is 2.51. The molecule has 0 aliphatic carbocycles. The summed E-state index contributed by atoms with van der Waals surface area (Å²) in [5, 5.41) is 0.00811. The first-order valence-electron chi connectivity index (χ1n) is 6.79. The van der Waals surface area contributed by atoms with Crippen molar-refractivity contribution in [3.63, 3.8) is 0 Å². The molecular formula is C16H11FN4O. The number of pyridine rings is 1. The molecule has 3 aromatic heterocycles. The van der Waals surface area contributed by atoms with Crippen molar-refractivity contribution < 1.29 is 4.39 Å². The smallest absolute Gasteiger partial charge is 0.264 e. The molecule has 1 aromatic carbocycles. The normalized spacial score (nSPS) is 11.3. The van der Waals surface area contributed by atoms with Crippen molar-refractivity contribution in [2.24, 2.45) is 0 Å². The Labute approximate surface area is 124 Å². The SMILES string of the molecule is O=c1c2c(F)cccc2ncn1Cc1cn2ccccc2n1. The van der Waals surface area contributed by atoms with Gasteiger partial charge in [-0.2, -0.15) is 0 Å². The van der Waals surface area contributed by atoms with Gasteiger partial charge in [0.2, 0.25) is 0 Å². The Morgan fingerprint density at radius 1 is 1.14 bits per heavy atom. The van der Waals surface area contributed by atoms with Crippen LogP contribution in [-0.4, -0.2) is 18.9 Å². The van der Waals surface area contributed by atoms with E-state index in [2.05, 4.69) is 9.97 Å². The fraction of sp³-hybridized carbons (Fsp3) is 0.0625. The van der Waals surface area contributed by atoms with Gasteiger partial charge in [0.1, 0.15) is 16.9 Å². The molecular weight excluding hydrogens is 283 g/mol. The largest absolute Gasteiger partial charge is 0.307 e. The first kappa shape index (κ1) is 12.7. The Hall–Kier alpha value is -3.02. The molecule has 5 nitrogen and oxygen atoms in total. The van der Waals surface area contributed by atoms with Crippen molar-refractivity contribution in [2.45, 2.75) is 6.54 Å². The van der Waals surface area contributed by atoms with Gasteiger partial charge >= 0.3 is 0 Å². The molecule has 4 aromatic rings. The molecule has 0 bridgehead atoms. The molecule has 0 spiro atoms. The number of fused-ring (bicyclic) bond motifs is 2. The van der Waals surface area contributed by atoms with Gasteiger partial charge in [-0.3, -0.25) is 9.36 Å². The summed E-state index contributed by atoms with van der Waals surface area (Å²) in [6.07, 6.45) is 5.15. The van der Waals surface area contributed by atoms with E-state index in [4.69, 9.17) is 0 Å². The van der Waals surface area contributed by atoms with Crippen molar-refractivity contribution in [2.75, 3.05) is 0 Å². The second-order valence-electron chi connectivity index (χ2n) is 5.01. The number of imidazole rings is 1. The van der Waals surface area contributed by atoms with E-state index in [0.717, 1.165) is 5.65 Å². The highest BCUT2D eigenvalue weighted by Crippen LogP contribution is 2.11. The third-order valence-corrected chi connectivity index (χ3v) is 3.55. The summed E-state index contributed by atoms with van der Waals surface area (Å²) < 4.78 is 17.1. The van der Waals surface area contributed by atoms with Gasteiger partial charge in [0.25, 0.3) is 5.56 Å². The first-order valence-corrected chi connectivity index (χ1v) is 6.79. The van der Waals surface area contributed by atoms with E-state index in [-0.39, 0.29) is 11.9 Å². The molecule has 108 valence electrons. The van der Waals surface area contributed by atoms with Crippen LogP contribution in [0.1, 0.15) is 5.69 Å². The molecule has 0 radical (unpaired) electrons. The summed E-state index contributed by atoms with van der Waals surface area (Å²) >= 11 is 0. The minimum absolute atomic E-state index is 0.00811. The van der Waals surface area contributed by atoms with Crippen molar-refractivity contribution in [3.05, 3.63) is 77.0 Å². The van der Waals surface area contributed by atoms with E-state index in [1.807, 2.05) is 35.0 Å². The minimum Gasteiger partial charge on any atom is -0.307 e. The molecule has 0 unspecified atom stereocenters. The van der Waals surface area contributed by atoms with Gasteiger partial charge < -0.3 is 4.40 Å². The number of hydrogen-bond donors (Lipinski definition) is 0. The maximum atomic E-state index is 13.9. The minimum atomic E-state index is -0.556. The van der Waals surface area contributed by atoms with E-state index >= 15 is 0 Å². The lowest BCUT2D eigenvalue weighted by Crippen LogP contribution is -2.22. The number of halogens is 1. The molecule has 0 saturated carbocycles. The highest BCUT2D eigenvalue weighted by Gasteiger charge is 2.10. The number of nitrogens with zero attached hydrogens (tertiary/aromatic N) is 4. The molecule has 3 heterocycles. The number of hydrogen-bond acceptors (Lipinski definition) is 3. The molecule has 22 heavy (non-hydrogen) atoms. The van der Waals surface area contributed by atoms with Crippen LogP contribution in [0.15, 0.2) is 59.9 Å². The van der Waals surface area contributed by atoms with E-state index < -0.39 is 11.4 Å². The Kier molecular flexibility index (Phi) is 2.75. The van der Waals surface area contributed by atoms with Gasteiger partial charge in [0.05, 0.1) is 24.1 Å². The van der Waals surface area contributed by atoms with Crippen LogP contribution in [0.2, 0.25) is 0 Å². The summed E-state index contributed by atoms with van der Waals surface area (Å²) in [4.78, 5) is 21.0. The highest BCUT2D eigenvalue weighted by molar-refractivity contribution is 5.77. The molecule has 0 N–H and O–H groups in total. The summed E-state index contributed by atoms with van der Waals surface area (Å²) in [7, 11) is 0. The zero-order chi connectivity index (χ0) is 15.1. The fourth-order valence-electron chi connectivity index (χ4n) is 2.51. The molecule has 0 atom stereocenters. The van der Waals surface area contributed by atoms with Crippen LogP contribution in [0.25, 0.3) is 16.6 Å². The van der Waals surface area contributed by atoms with Crippen LogP contribution in [0.4, 0.5) is 4.39 Å². The van der Waals surface area contributed by atoms with Crippen LogP contribution < -0.4 is 5.56 Å². The summed E-state index contributed by atoms with van der Waals surface area (Å²) in [5.41, 5.74) is 1.47. The molecule has 0 fully saturated rings. The number of rotatable bonds is 2. The summed E-state index contributed by atoms with van der Waals surface area (Å²) in [5.74, 6) is -0.556. The maximum Gasteiger partial charge on any atom is 0.264 e. The lowest BCUT2D eigenvalue weighted by molar-refractivity contribution is 0.633. The second-order valence-corrected chi connectivity index (χ2v) is 5.01. The molecule has 4 rings (SSSR count). The van der Waals surface area contributed by atoms with Crippen LogP contribution in [0.5, 0.6) is 0 Å². The van der Waals surface area contributed by atoms with Gasteiger partial charge in [0, 0.05) is 12.4 Å². The van der Waals surface area contributed by atoms with E-state index in [0.29, 0.717) is 11.2 Å². The predicted octanol–water partition coefficient (Wildman–Crippen LogP) is 2.23. The van der Waals surface area contributed by atoms with Gasteiger partial charge in [-0.25, -0.2) is 14.4 Å². The van der Waals surface area contributed by atoms with Crippen LogP contribution in [0.3, 0.4) is 0 Å². The van der Waals surface area contributed by atoms with E-state index in [1.165, 1.54) is 23.0 Å². The van der Waals surface area contributed by atoms with Crippen molar-refractivity contribution in [3.8, 4) is 0 Å². The van der Waals surface area contributed by atoms with Crippen LogP contribution >= 0.6 is 0 Å².